The highest BCUT2D eigenvalue weighted by molar-refractivity contribution is 5.31. The van der Waals surface area contributed by atoms with Crippen LogP contribution in [0.3, 0.4) is 0 Å². The second kappa shape index (κ2) is 6.19. The van der Waals surface area contributed by atoms with Crippen molar-refractivity contribution in [3.05, 3.63) is 22.7 Å². The van der Waals surface area contributed by atoms with Crippen molar-refractivity contribution in [2.24, 2.45) is 11.1 Å². The molecule has 0 aromatic carbocycles. The molecule has 0 saturated heterocycles. The van der Waals surface area contributed by atoms with Gasteiger partial charge in [0.25, 0.3) is 5.56 Å². The molecule has 0 aliphatic carbocycles. The van der Waals surface area contributed by atoms with Gasteiger partial charge in [-0.3, -0.25) is 4.79 Å². The topological polar surface area (TPSA) is 72.9 Å². The molecule has 5 nitrogen and oxygen atoms in total. The smallest absolute Gasteiger partial charge is 0.293 e. The molecule has 1 aromatic rings. The van der Waals surface area contributed by atoms with Gasteiger partial charge in [0.15, 0.2) is 5.82 Å². The van der Waals surface area contributed by atoms with Gasteiger partial charge in [-0.1, -0.05) is 20.8 Å². The van der Waals surface area contributed by atoms with E-state index in [0.717, 1.165) is 6.42 Å². The molecule has 0 aliphatic rings. The molecule has 5 heteroatoms. The number of rotatable bonds is 5. The fourth-order valence-electron chi connectivity index (χ4n) is 2.04. The predicted molar refractivity (Wildman–Crippen MR) is 79.4 cm³/mol. The Morgan fingerprint density at radius 2 is 2.05 bits per heavy atom. The second-order valence-electron chi connectivity index (χ2n) is 6.49. The minimum atomic E-state index is -0.0968. The zero-order valence-corrected chi connectivity index (χ0v) is 12.6. The van der Waals surface area contributed by atoms with E-state index in [1.54, 1.807) is 17.0 Å². The first-order chi connectivity index (χ1) is 8.70. The Balaban J connectivity index is 2.69. The van der Waals surface area contributed by atoms with Crippen LogP contribution >= 0.6 is 0 Å². The van der Waals surface area contributed by atoms with E-state index in [1.165, 1.54) is 0 Å². The number of hydrogen-bond acceptors (Lipinski definition) is 4. The Hall–Kier alpha value is -1.36. The van der Waals surface area contributed by atoms with Gasteiger partial charge in [0.1, 0.15) is 0 Å². The van der Waals surface area contributed by atoms with E-state index in [2.05, 4.69) is 31.1 Å². The molecule has 1 heterocycles. The maximum atomic E-state index is 12.1. The molecule has 0 amide bonds. The zero-order chi connectivity index (χ0) is 14.6. The molecule has 1 aromatic heterocycles. The normalized spacial score (nSPS) is 13.6. The average molecular weight is 266 g/mol. The van der Waals surface area contributed by atoms with Crippen molar-refractivity contribution < 1.29 is 0 Å². The molecule has 1 atom stereocenters. The van der Waals surface area contributed by atoms with E-state index in [1.807, 2.05) is 13.8 Å². The van der Waals surface area contributed by atoms with Crippen molar-refractivity contribution in [1.82, 2.24) is 9.55 Å². The van der Waals surface area contributed by atoms with E-state index in [0.29, 0.717) is 12.4 Å². The summed E-state index contributed by atoms with van der Waals surface area (Å²) < 4.78 is 1.66. The van der Waals surface area contributed by atoms with E-state index >= 15 is 0 Å². The molecule has 3 N–H and O–H groups in total. The molecule has 0 bridgehead atoms. The third-order valence-electron chi connectivity index (χ3n) is 2.83. The lowest BCUT2D eigenvalue weighted by Gasteiger charge is -2.23. The second-order valence-corrected chi connectivity index (χ2v) is 6.49. The highest BCUT2D eigenvalue weighted by atomic mass is 16.1. The van der Waals surface area contributed by atoms with Gasteiger partial charge < -0.3 is 15.6 Å². The highest BCUT2D eigenvalue weighted by Crippen LogP contribution is 2.19. The standard InChI is InChI=1S/C14H26N4O/c1-10(2)18-7-6-16-12(13(18)19)17-9-11(15)8-14(3,4)5/h6-7,10-11H,8-9,15H2,1-5H3,(H,16,17). The summed E-state index contributed by atoms with van der Waals surface area (Å²) in [5.41, 5.74) is 6.14. The van der Waals surface area contributed by atoms with Crippen LogP contribution in [-0.4, -0.2) is 22.1 Å². The maximum absolute atomic E-state index is 12.1. The van der Waals surface area contributed by atoms with Gasteiger partial charge in [-0.15, -0.1) is 0 Å². The lowest BCUT2D eigenvalue weighted by molar-refractivity contribution is 0.344. The van der Waals surface area contributed by atoms with Crippen molar-refractivity contribution in [3.63, 3.8) is 0 Å². The third kappa shape index (κ3) is 5.03. The van der Waals surface area contributed by atoms with Gasteiger partial charge in [0, 0.05) is 31.0 Å². The van der Waals surface area contributed by atoms with Gasteiger partial charge in [-0.05, 0) is 25.7 Å². The van der Waals surface area contributed by atoms with Crippen LogP contribution in [0.25, 0.3) is 0 Å². The minimum Gasteiger partial charge on any atom is -0.364 e. The van der Waals surface area contributed by atoms with Crippen LogP contribution in [0.15, 0.2) is 17.2 Å². The first-order valence-electron chi connectivity index (χ1n) is 6.77. The number of nitrogens with two attached hydrogens (primary N) is 1. The van der Waals surface area contributed by atoms with Crippen molar-refractivity contribution in [3.8, 4) is 0 Å². The quantitative estimate of drug-likeness (QED) is 0.855. The zero-order valence-electron chi connectivity index (χ0n) is 12.6. The maximum Gasteiger partial charge on any atom is 0.293 e. The van der Waals surface area contributed by atoms with Gasteiger partial charge in [-0.2, -0.15) is 0 Å². The van der Waals surface area contributed by atoms with Crippen LogP contribution in [0, 0.1) is 5.41 Å². The van der Waals surface area contributed by atoms with Crippen molar-refractivity contribution in [2.75, 3.05) is 11.9 Å². The fraction of sp³-hybridized carbons (Fsp3) is 0.714. The molecular formula is C14H26N4O. The minimum absolute atomic E-state index is 0.00825. The summed E-state index contributed by atoms with van der Waals surface area (Å²) in [6.45, 7) is 11.0. The number of aromatic nitrogens is 2. The molecule has 1 unspecified atom stereocenters. The molecule has 0 radical (unpaired) electrons. The molecule has 0 spiro atoms. The van der Waals surface area contributed by atoms with Crippen LogP contribution in [-0.2, 0) is 0 Å². The Labute approximate surface area is 115 Å². The number of nitrogens with zero attached hydrogens (tertiary/aromatic N) is 2. The third-order valence-corrected chi connectivity index (χ3v) is 2.83. The summed E-state index contributed by atoms with van der Waals surface area (Å²) in [6.07, 6.45) is 4.23. The van der Waals surface area contributed by atoms with Crippen LogP contribution in [0.2, 0.25) is 0 Å². The molecular weight excluding hydrogens is 240 g/mol. The Morgan fingerprint density at radius 3 is 2.58 bits per heavy atom. The molecule has 0 saturated carbocycles. The summed E-state index contributed by atoms with van der Waals surface area (Å²) >= 11 is 0. The van der Waals surface area contributed by atoms with E-state index in [9.17, 15) is 4.79 Å². The van der Waals surface area contributed by atoms with Crippen molar-refractivity contribution in [2.45, 2.75) is 53.1 Å². The molecule has 1 rings (SSSR count). The van der Waals surface area contributed by atoms with Gasteiger partial charge >= 0.3 is 0 Å². The lowest BCUT2D eigenvalue weighted by Crippen LogP contribution is -2.35. The van der Waals surface area contributed by atoms with Gasteiger partial charge in [0.05, 0.1) is 0 Å². The van der Waals surface area contributed by atoms with Gasteiger partial charge in [0.2, 0.25) is 0 Å². The van der Waals surface area contributed by atoms with Crippen LogP contribution in [0.4, 0.5) is 5.82 Å². The number of nitrogens with one attached hydrogen (secondary N) is 1. The first-order valence-corrected chi connectivity index (χ1v) is 6.77. The first kappa shape index (κ1) is 15.7. The van der Waals surface area contributed by atoms with E-state index < -0.39 is 0 Å². The summed E-state index contributed by atoms with van der Waals surface area (Å²) in [4.78, 5) is 16.2. The largest absolute Gasteiger partial charge is 0.364 e. The van der Waals surface area contributed by atoms with Gasteiger partial charge in [-0.25, -0.2) is 4.98 Å². The fourth-order valence-corrected chi connectivity index (χ4v) is 2.04. The summed E-state index contributed by atoms with van der Waals surface area (Å²) in [5.74, 6) is 0.376. The molecule has 19 heavy (non-hydrogen) atoms. The SMILES string of the molecule is CC(C)n1ccnc(NCC(N)CC(C)(C)C)c1=O. The highest BCUT2D eigenvalue weighted by Gasteiger charge is 2.16. The van der Waals surface area contributed by atoms with Crippen molar-refractivity contribution in [1.29, 1.82) is 0 Å². The van der Waals surface area contributed by atoms with E-state index in [4.69, 9.17) is 5.73 Å². The van der Waals surface area contributed by atoms with Crippen molar-refractivity contribution >= 4 is 5.82 Å². The Bertz CT molecular complexity index is 459. The van der Waals surface area contributed by atoms with Crippen LogP contribution in [0.1, 0.15) is 47.1 Å². The number of anilines is 1. The summed E-state index contributed by atoms with van der Waals surface area (Å²) in [6, 6.07) is 0.133. The van der Waals surface area contributed by atoms with E-state index in [-0.39, 0.29) is 23.1 Å². The molecule has 0 aliphatic heterocycles. The van der Waals surface area contributed by atoms with Crippen LogP contribution in [0.5, 0.6) is 0 Å². The van der Waals surface area contributed by atoms with Crippen LogP contribution < -0.4 is 16.6 Å². The predicted octanol–water partition coefficient (Wildman–Crippen LogP) is 2.00. The summed E-state index contributed by atoms with van der Waals surface area (Å²) in [7, 11) is 0. The molecule has 0 fully saturated rings. The monoisotopic (exact) mass is 266 g/mol. The Kier molecular flexibility index (Phi) is 5.11. The Morgan fingerprint density at radius 1 is 1.42 bits per heavy atom. The average Bonchev–Trinajstić information content (AvgIpc) is 2.24. The molecule has 108 valence electrons. The lowest BCUT2D eigenvalue weighted by atomic mass is 9.88. The summed E-state index contributed by atoms with van der Waals surface area (Å²) in [5, 5.41) is 3.06. The number of hydrogen-bond donors (Lipinski definition) is 2.